The highest BCUT2D eigenvalue weighted by Gasteiger charge is 2.13. The van der Waals surface area contributed by atoms with E-state index in [-0.39, 0.29) is 23.8 Å². The lowest BCUT2D eigenvalue weighted by Crippen LogP contribution is -2.20. The van der Waals surface area contributed by atoms with Gasteiger partial charge in [-0.1, -0.05) is 35.3 Å². The number of hydrogen-bond acceptors (Lipinski definition) is 4. The normalized spacial score (nSPS) is 10.1. The van der Waals surface area contributed by atoms with Gasteiger partial charge in [-0.25, -0.2) is 4.79 Å². The second-order valence-electron chi connectivity index (χ2n) is 4.68. The summed E-state index contributed by atoms with van der Waals surface area (Å²) >= 11 is 11.9. The molecule has 2 rings (SSSR count). The van der Waals surface area contributed by atoms with Crippen molar-refractivity contribution in [2.45, 2.75) is 6.92 Å². The second kappa shape index (κ2) is 8.57. The van der Waals surface area contributed by atoms with Crippen LogP contribution in [0, 0.1) is 0 Å². The van der Waals surface area contributed by atoms with E-state index < -0.39 is 11.9 Å². The minimum absolute atomic E-state index is 0.184. The molecule has 0 fully saturated rings. The third-order valence-electron chi connectivity index (χ3n) is 2.94. The van der Waals surface area contributed by atoms with Gasteiger partial charge in [0.25, 0.3) is 5.91 Å². The number of para-hydroxylation sites is 1. The smallest absolute Gasteiger partial charge is 0.339 e. The van der Waals surface area contributed by atoms with Gasteiger partial charge in [0, 0.05) is 5.69 Å². The molecule has 0 aliphatic heterocycles. The third kappa shape index (κ3) is 4.88. The molecule has 1 amide bonds. The van der Waals surface area contributed by atoms with E-state index in [9.17, 15) is 9.59 Å². The summed E-state index contributed by atoms with van der Waals surface area (Å²) in [7, 11) is 0. The Balaban J connectivity index is 2.00. The van der Waals surface area contributed by atoms with Crippen molar-refractivity contribution in [3.8, 4) is 5.75 Å². The molecule has 0 saturated carbocycles. The van der Waals surface area contributed by atoms with Crippen LogP contribution in [0.25, 0.3) is 0 Å². The molecule has 0 bridgehead atoms. The summed E-state index contributed by atoms with van der Waals surface area (Å²) in [5.41, 5.74) is 0.596. The van der Waals surface area contributed by atoms with Gasteiger partial charge in [0.05, 0.1) is 22.2 Å². The van der Waals surface area contributed by atoms with Crippen molar-refractivity contribution in [1.29, 1.82) is 0 Å². The van der Waals surface area contributed by atoms with Crippen molar-refractivity contribution >= 4 is 40.8 Å². The van der Waals surface area contributed by atoms with E-state index in [2.05, 4.69) is 5.32 Å². The van der Waals surface area contributed by atoms with Crippen molar-refractivity contribution in [3.05, 3.63) is 58.1 Å². The fourth-order valence-electron chi connectivity index (χ4n) is 1.87. The van der Waals surface area contributed by atoms with E-state index in [1.807, 2.05) is 0 Å². The lowest BCUT2D eigenvalue weighted by atomic mass is 10.2. The van der Waals surface area contributed by atoms with Crippen molar-refractivity contribution in [2.75, 3.05) is 18.5 Å². The highest BCUT2D eigenvalue weighted by atomic mass is 35.5. The van der Waals surface area contributed by atoms with Crippen LogP contribution in [0.15, 0.2) is 42.5 Å². The first-order valence-corrected chi connectivity index (χ1v) is 7.90. The fourth-order valence-corrected chi connectivity index (χ4v) is 2.26. The van der Waals surface area contributed by atoms with Gasteiger partial charge in [0.15, 0.2) is 6.61 Å². The lowest BCUT2D eigenvalue weighted by molar-refractivity contribution is -0.118. The van der Waals surface area contributed by atoms with E-state index in [0.29, 0.717) is 16.5 Å². The summed E-state index contributed by atoms with van der Waals surface area (Å²) in [6.45, 7) is 1.71. The molecule has 0 heterocycles. The van der Waals surface area contributed by atoms with Crippen molar-refractivity contribution in [3.63, 3.8) is 0 Å². The van der Waals surface area contributed by atoms with E-state index >= 15 is 0 Å². The zero-order chi connectivity index (χ0) is 17.5. The molecule has 0 aliphatic carbocycles. The van der Waals surface area contributed by atoms with Gasteiger partial charge in [-0.3, -0.25) is 4.79 Å². The van der Waals surface area contributed by atoms with Crippen LogP contribution in [0.5, 0.6) is 5.75 Å². The van der Waals surface area contributed by atoms with Gasteiger partial charge in [0.2, 0.25) is 0 Å². The van der Waals surface area contributed by atoms with Crippen LogP contribution >= 0.6 is 23.2 Å². The highest BCUT2D eigenvalue weighted by Crippen LogP contribution is 2.24. The maximum atomic E-state index is 12.0. The monoisotopic (exact) mass is 367 g/mol. The molecule has 0 atom stereocenters. The maximum Gasteiger partial charge on any atom is 0.339 e. The second-order valence-corrected chi connectivity index (χ2v) is 5.50. The molecule has 0 unspecified atom stereocenters. The number of benzene rings is 2. The van der Waals surface area contributed by atoms with Gasteiger partial charge in [-0.2, -0.15) is 0 Å². The Labute approximate surface area is 149 Å². The molecule has 5 nitrogen and oxygen atoms in total. The quantitative estimate of drug-likeness (QED) is 0.777. The van der Waals surface area contributed by atoms with Crippen molar-refractivity contribution < 1.29 is 19.1 Å². The first-order valence-electron chi connectivity index (χ1n) is 7.15. The molecule has 0 spiro atoms. The van der Waals surface area contributed by atoms with Crippen molar-refractivity contribution in [1.82, 2.24) is 0 Å². The van der Waals surface area contributed by atoms with E-state index in [4.69, 9.17) is 32.7 Å². The van der Waals surface area contributed by atoms with E-state index in [1.54, 1.807) is 37.3 Å². The molecule has 24 heavy (non-hydrogen) atoms. The predicted octanol–water partition coefficient (Wildman–Crippen LogP) is 4.19. The Kier molecular flexibility index (Phi) is 6.46. The molecule has 0 radical (unpaired) electrons. The number of rotatable bonds is 6. The largest absolute Gasteiger partial charge is 0.482 e. The van der Waals surface area contributed by atoms with E-state index in [1.165, 1.54) is 12.1 Å². The molecule has 7 heteroatoms. The number of carbonyl (C=O) groups is 2. The molecular weight excluding hydrogens is 353 g/mol. The summed E-state index contributed by atoms with van der Waals surface area (Å²) in [5.74, 6) is -0.532. The van der Waals surface area contributed by atoms with Gasteiger partial charge >= 0.3 is 5.97 Å². The fraction of sp³-hybridized carbons (Fsp3) is 0.176. The minimum Gasteiger partial charge on any atom is -0.482 e. The number of ether oxygens (including phenoxy) is 2. The van der Waals surface area contributed by atoms with Gasteiger partial charge in [-0.05, 0) is 37.3 Å². The Morgan fingerprint density at radius 2 is 1.83 bits per heavy atom. The SMILES string of the molecule is CCOC(=O)c1cc(NC(=O)COc2ccccc2Cl)ccc1Cl. The molecular formula is C17H15Cl2NO4. The highest BCUT2D eigenvalue weighted by molar-refractivity contribution is 6.33. The van der Waals surface area contributed by atoms with Gasteiger partial charge in [0.1, 0.15) is 5.75 Å². The average molecular weight is 368 g/mol. The topological polar surface area (TPSA) is 64.6 Å². The average Bonchev–Trinajstić information content (AvgIpc) is 2.56. The number of carbonyl (C=O) groups excluding carboxylic acids is 2. The van der Waals surface area contributed by atoms with Crippen LogP contribution in [-0.4, -0.2) is 25.1 Å². The standard InChI is InChI=1S/C17H15Cl2NO4/c1-2-23-17(22)12-9-11(7-8-13(12)18)20-16(21)10-24-15-6-4-3-5-14(15)19/h3-9H,2,10H2,1H3,(H,20,21). The lowest BCUT2D eigenvalue weighted by Gasteiger charge is -2.10. The zero-order valence-electron chi connectivity index (χ0n) is 12.8. The number of hydrogen-bond donors (Lipinski definition) is 1. The number of nitrogens with one attached hydrogen (secondary N) is 1. The summed E-state index contributed by atoms with van der Waals surface area (Å²) in [5, 5.41) is 3.29. The van der Waals surface area contributed by atoms with Crippen LogP contribution in [0.3, 0.4) is 0 Å². The van der Waals surface area contributed by atoms with Crippen LogP contribution in [-0.2, 0) is 9.53 Å². The number of anilines is 1. The minimum atomic E-state index is -0.550. The Morgan fingerprint density at radius 3 is 2.54 bits per heavy atom. The maximum absolute atomic E-state index is 12.0. The number of amides is 1. The Bertz CT molecular complexity index is 749. The summed E-state index contributed by atoms with van der Waals surface area (Å²) in [6.07, 6.45) is 0. The summed E-state index contributed by atoms with van der Waals surface area (Å²) < 4.78 is 10.3. The van der Waals surface area contributed by atoms with Gasteiger partial charge < -0.3 is 14.8 Å². The third-order valence-corrected chi connectivity index (χ3v) is 3.58. The van der Waals surface area contributed by atoms with Crippen LogP contribution < -0.4 is 10.1 Å². The first-order chi connectivity index (χ1) is 11.5. The summed E-state index contributed by atoms with van der Waals surface area (Å²) in [6, 6.07) is 11.4. The van der Waals surface area contributed by atoms with Crippen molar-refractivity contribution in [2.24, 2.45) is 0 Å². The van der Waals surface area contributed by atoms with Crippen LogP contribution in [0.4, 0.5) is 5.69 Å². The van der Waals surface area contributed by atoms with Crippen LogP contribution in [0.1, 0.15) is 17.3 Å². The van der Waals surface area contributed by atoms with E-state index in [0.717, 1.165) is 0 Å². The molecule has 126 valence electrons. The molecule has 2 aromatic rings. The molecule has 2 aromatic carbocycles. The predicted molar refractivity (Wildman–Crippen MR) is 93.0 cm³/mol. The summed E-state index contributed by atoms with van der Waals surface area (Å²) in [4.78, 5) is 23.8. The number of esters is 1. The van der Waals surface area contributed by atoms with Crippen LogP contribution in [0.2, 0.25) is 10.0 Å². The number of halogens is 2. The van der Waals surface area contributed by atoms with Gasteiger partial charge in [-0.15, -0.1) is 0 Å². The Hall–Kier alpha value is -2.24. The Morgan fingerprint density at radius 1 is 1.08 bits per heavy atom. The molecule has 0 aromatic heterocycles. The zero-order valence-corrected chi connectivity index (χ0v) is 14.4. The first kappa shape index (κ1) is 18.1. The molecule has 1 N–H and O–H groups in total. The molecule has 0 saturated heterocycles. The molecule has 0 aliphatic rings.